The minimum atomic E-state index is -0.223. The van der Waals surface area contributed by atoms with Crippen LogP contribution in [-0.4, -0.2) is 54.4 Å². The van der Waals surface area contributed by atoms with Crippen molar-refractivity contribution in [3.05, 3.63) is 59.9 Å². The van der Waals surface area contributed by atoms with E-state index in [0.717, 1.165) is 32.4 Å². The van der Waals surface area contributed by atoms with Gasteiger partial charge in [0.1, 0.15) is 5.69 Å². The molecule has 0 saturated carbocycles. The zero-order chi connectivity index (χ0) is 19.8. The van der Waals surface area contributed by atoms with Crippen molar-refractivity contribution >= 4 is 17.5 Å². The lowest BCUT2D eigenvalue weighted by Gasteiger charge is -2.36. The van der Waals surface area contributed by atoms with Gasteiger partial charge in [0, 0.05) is 50.2 Å². The zero-order valence-electron chi connectivity index (χ0n) is 16.4. The number of amides is 2. The van der Waals surface area contributed by atoms with Crippen LogP contribution in [0.15, 0.2) is 48.7 Å². The summed E-state index contributed by atoms with van der Waals surface area (Å²) in [4.78, 5) is 33.4. The predicted molar refractivity (Wildman–Crippen MR) is 111 cm³/mol. The summed E-state index contributed by atoms with van der Waals surface area (Å²) in [5.41, 5.74) is 1.99. The Labute approximate surface area is 166 Å². The van der Waals surface area contributed by atoms with Crippen LogP contribution in [0, 0.1) is 0 Å². The molecule has 1 aromatic heterocycles. The minimum absolute atomic E-state index is 0.0462. The van der Waals surface area contributed by atoms with Crippen LogP contribution in [0.5, 0.6) is 0 Å². The molecule has 1 saturated heterocycles. The maximum atomic E-state index is 12.9. The van der Waals surface area contributed by atoms with Gasteiger partial charge in [-0.25, -0.2) is 0 Å². The Morgan fingerprint density at radius 1 is 1.04 bits per heavy atom. The number of hydrogen-bond acceptors (Lipinski definition) is 4. The fraction of sp³-hybridized carbons (Fsp3) is 0.409. The highest BCUT2D eigenvalue weighted by atomic mass is 16.2. The summed E-state index contributed by atoms with van der Waals surface area (Å²) in [6.07, 6.45) is 4.68. The second-order valence-corrected chi connectivity index (χ2v) is 7.01. The standard InChI is InChI=1S/C22H28N4O2/c1-2-3-7-11-24-21(27)20-17-18(10-12-23-20)22(28)26-15-13-25(14-16-26)19-8-5-4-6-9-19/h4-6,8-10,12,17H,2-3,7,11,13-16H2,1H3,(H,24,27). The molecule has 1 aliphatic heterocycles. The Morgan fingerprint density at radius 2 is 1.79 bits per heavy atom. The van der Waals surface area contributed by atoms with Gasteiger partial charge in [0.25, 0.3) is 11.8 Å². The molecule has 1 fully saturated rings. The number of rotatable bonds is 7. The summed E-state index contributed by atoms with van der Waals surface area (Å²) >= 11 is 0. The first-order valence-electron chi connectivity index (χ1n) is 10.0. The third kappa shape index (κ3) is 5.09. The molecular weight excluding hydrogens is 352 g/mol. The first-order chi connectivity index (χ1) is 13.7. The van der Waals surface area contributed by atoms with Gasteiger partial charge in [-0.05, 0) is 30.7 Å². The number of para-hydroxylation sites is 1. The highest BCUT2D eigenvalue weighted by molar-refractivity contribution is 5.98. The van der Waals surface area contributed by atoms with Crippen molar-refractivity contribution in [1.82, 2.24) is 15.2 Å². The van der Waals surface area contributed by atoms with Crippen LogP contribution < -0.4 is 10.2 Å². The summed E-state index contributed by atoms with van der Waals surface area (Å²) in [6, 6.07) is 13.5. The summed E-state index contributed by atoms with van der Waals surface area (Å²) in [5, 5.41) is 2.87. The zero-order valence-corrected chi connectivity index (χ0v) is 16.4. The number of anilines is 1. The fourth-order valence-electron chi connectivity index (χ4n) is 3.34. The van der Waals surface area contributed by atoms with E-state index in [4.69, 9.17) is 0 Å². The number of pyridine rings is 1. The molecule has 0 bridgehead atoms. The smallest absolute Gasteiger partial charge is 0.269 e. The van der Waals surface area contributed by atoms with Gasteiger partial charge in [-0.3, -0.25) is 14.6 Å². The molecule has 0 unspecified atom stereocenters. The summed E-state index contributed by atoms with van der Waals surface area (Å²) in [7, 11) is 0. The Bertz CT molecular complexity index is 786. The van der Waals surface area contributed by atoms with Crippen LogP contribution in [0.25, 0.3) is 0 Å². The second-order valence-electron chi connectivity index (χ2n) is 7.01. The van der Waals surface area contributed by atoms with Crippen LogP contribution in [0.1, 0.15) is 47.0 Å². The van der Waals surface area contributed by atoms with Crippen LogP contribution in [0.4, 0.5) is 5.69 Å². The van der Waals surface area contributed by atoms with Crippen molar-refractivity contribution in [3.63, 3.8) is 0 Å². The van der Waals surface area contributed by atoms with Gasteiger partial charge >= 0.3 is 0 Å². The molecule has 0 aliphatic carbocycles. The minimum Gasteiger partial charge on any atom is -0.368 e. The molecule has 1 N–H and O–H groups in total. The van der Waals surface area contributed by atoms with Crippen molar-refractivity contribution in [2.45, 2.75) is 26.2 Å². The first-order valence-corrected chi connectivity index (χ1v) is 10.0. The molecule has 0 atom stereocenters. The number of unbranched alkanes of at least 4 members (excludes halogenated alkanes) is 2. The molecular formula is C22H28N4O2. The number of hydrogen-bond donors (Lipinski definition) is 1. The Kier molecular flexibility index (Phi) is 7.00. The van der Waals surface area contributed by atoms with Gasteiger partial charge in [-0.15, -0.1) is 0 Å². The van der Waals surface area contributed by atoms with Crippen LogP contribution in [0.3, 0.4) is 0 Å². The molecule has 6 heteroatoms. The van der Waals surface area contributed by atoms with E-state index in [1.807, 2.05) is 23.1 Å². The van der Waals surface area contributed by atoms with E-state index in [1.165, 1.54) is 11.9 Å². The Balaban J connectivity index is 1.57. The molecule has 2 amide bonds. The van der Waals surface area contributed by atoms with Gasteiger partial charge < -0.3 is 15.1 Å². The number of benzene rings is 1. The van der Waals surface area contributed by atoms with Gasteiger partial charge in [-0.2, -0.15) is 0 Å². The molecule has 1 aliphatic rings. The molecule has 0 spiro atoms. The number of carbonyl (C=O) groups is 2. The lowest BCUT2D eigenvalue weighted by Crippen LogP contribution is -2.48. The van der Waals surface area contributed by atoms with E-state index in [-0.39, 0.29) is 11.8 Å². The highest BCUT2D eigenvalue weighted by Gasteiger charge is 2.23. The molecule has 6 nitrogen and oxygen atoms in total. The molecule has 148 valence electrons. The maximum Gasteiger partial charge on any atom is 0.269 e. The van der Waals surface area contributed by atoms with Crippen LogP contribution in [0.2, 0.25) is 0 Å². The number of nitrogens with one attached hydrogen (secondary N) is 1. The van der Waals surface area contributed by atoms with Crippen molar-refractivity contribution in [2.24, 2.45) is 0 Å². The van der Waals surface area contributed by atoms with E-state index < -0.39 is 0 Å². The van der Waals surface area contributed by atoms with Crippen molar-refractivity contribution in [2.75, 3.05) is 37.6 Å². The Hall–Kier alpha value is -2.89. The molecule has 0 radical (unpaired) electrons. The van der Waals surface area contributed by atoms with Crippen molar-refractivity contribution in [1.29, 1.82) is 0 Å². The molecule has 2 heterocycles. The number of aromatic nitrogens is 1. The lowest BCUT2D eigenvalue weighted by molar-refractivity contribution is 0.0746. The van der Waals surface area contributed by atoms with E-state index in [2.05, 4.69) is 34.3 Å². The number of carbonyl (C=O) groups excluding carboxylic acids is 2. The fourth-order valence-corrected chi connectivity index (χ4v) is 3.34. The van der Waals surface area contributed by atoms with E-state index in [9.17, 15) is 9.59 Å². The van der Waals surface area contributed by atoms with E-state index in [0.29, 0.717) is 30.9 Å². The van der Waals surface area contributed by atoms with Crippen molar-refractivity contribution in [3.8, 4) is 0 Å². The summed E-state index contributed by atoms with van der Waals surface area (Å²) in [6.45, 7) is 5.67. The van der Waals surface area contributed by atoms with Gasteiger partial charge in [-0.1, -0.05) is 38.0 Å². The van der Waals surface area contributed by atoms with Crippen molar-refractivity contribution < 1.29 is 9.59 Å². The number of nitrogens with zero attached hydrogens (tertiary/aromatic N) is 3. The monoisotopic (exact) mass is 380 g/mol. The number of piperazine rings is 1. The third-order valence-corrected chi connectivity index (χ3v) is 4.99. The Morgan fingerprint density at radius 3 is 2.50 bits per heavy atom. The molecule has 2 aromatic rings. The highest BCUT2D eigenvalue weighted by Crippen LogP contribution is 2.17. The van der Waals surface area contributed by atoms with Gasteiger partial charge in [0.2, 0.25) is 0 Å². The van der Waals surface area contributed by atoms with Crippen LogP contribution in [-0.2, 0) is 0 Å². The first kappa shape index (κ1) is 19.9. The SMILES string of the molecule is CCCCCNC(=O)c1cc(C(=O)N2CCN(c3ccccc3)CC2)ccn1. The van der Waals surface area contributed by atoms with E-state index in [1.54, 1.807) is 12.1 Å². The quantitative estimate of drug-likeness (QED) is 0.750. The van der Waals surface area contributed by atoms with Gasteiger partial charge in [0.05, 0.1) is 0 Å². The maximum absolute atomic E-state index is 12.9. The molecule has 28 heavy (non-hydrogen) atoms. The normalized spacial score (nSPS) is 14.0. The topological polar surface area (TPSA) is 65.5 Å². The van der Waals surface area contributed by atoms with Gasteiger partial charge in [0.15, 0.2) is 0 Å². The van der Waals surface area contributed by atoms with E-state index >= 15 is 0 Å². The second kappa shape index (κ2) is 9.88. The molecule has 1 aromatic carbocycles. The average Bonchev–Trinajstić information content (AvgIpc) is 2.77. The van der Waals surface area contributed by atoms with Crippen LogP contribution >= 0.6 is 0 Å². The summed E-state index contributed by atoms with van der Waals surface area (Å²) < 4.78 is 0. The third-order valence-electron chi connectivity index (χ3n) is 4.99. The molecule has 3 rings (SSSR count). The largest absolute Gasteiger partial charge is 0.368 e. The average molecular weight is 380 g/mol. The summed E-state index contributed by atoms with van der Waals surface area (Å²) in [5.74, 6) is -0.269. The predicted octanol–water partition coefficient (Wildman–Crippen LogP) is 2.96. The lowest BCUT2D eigenvalue weighted by atomic mass is 10.1.